The summed E-state index contributed by atoms with van der Waals surface area (Å²) in [7, 11) is 0. The van der Waals surface area contributed by atoms with Crippen molar-refractivity contribution in [2.24, 2.45) is 0 Å². The molecule has 1 aliphatic rings. The van der Waals surface area contributed by atoms with Crippen LogP contribution in [-0.4, -0.2) is 33.4 Å². The van der Waals surface area contributed by atoms with Crippen molar-refractivity contribution < 1.29 is 4.79 Å². The highest BCUT2D eigenvalue weighted by atomic mass is 32.1. The van der Waals surface area contributed by atoms with Gasteiger partial charge in [-0.15, -0.1) is 11.3 Å². The Morgan fingerprint density at radius 2 is 1.78 bits per heavy atom. The molecule has 3 aromatic rings. The SMILES string of the molecule is O=C(c1sc2ncccc2c1-n1cccc1)N1CCCCCC1. The van der Waals surface area contributed by atoms with Gasteiger partial charge in [0.05, 0.1) is 5.69 Å². The molecule has 0 bridgehead atoms. The summed E-state index contributed by atoms with van der Waals surface area (Å²) in [6, 6.07) is 7.95. The first kappa shape index (κ1) is 14.5. The summed E-state index contributed by atoms with van der Waals surface area (Å²) in [4.78, 5) is 21.3. The molecule has 0 N–H and O–H groups in total. The van der Waals surface area contributed by atoms with E-state index in [4.69, 9.17) is 0 Å². The minimum Gasteiger partial charge on any atom is -0.338 e. The molecule has 0 radical (unpaired) electrons. The number of fused-ring (bicyclic) bond motifs is 1. The Bertz CT molecular complexity index is 814. The van der Waals surface area contributed by atoms with Crippen LogP contribution in [-0.2, 0) is 0 Å². The van der Waals surface area contributed by atoms with Crippen molar-refractivity contribution in [3.8, 4) is 5.69 Å². The number of aromatic nitrogens is 2. The van der Waals surface area contributed by atoms with Gasteiger partial charge in [0.15, 0.2) is 0 Å². The summed E-state index contributed by atoms with van der Waals surface area (Å²) in [5, 5.41) is 1.05. The van der Waals surface area contributed by atoms with Crippen LogP contribution in [0, 0.1) is 0 Å². The molecule has 0 spiro atoms. The lowest BCUT2D eigenvalue weighted by Crippen LogP contribution is -2.31. The van der Waals surface area contributed by atoms with Crippen LogP contribution >= 0.6 is 11.3 Å². The van der Waals surface area contributed by atoms with Gasteiger partial charge in [-0.3, -0.25) is 4.79 Å². The van der Waals surface area contributed by atoms with E-state index >= 15 is 0 Å². The molecule has 1 fully saturated rings. The number of hydrogen-bond donors (Lipinski definition) is 0. The second-order valence-corrected chi connectivity index (χ2v) is 6.93. The van der Waals surface area contributed by atoms with Crippen LogP contribution in [0.3, 0.4) is 0 Å². The Morgan fingerprint density at radius 3 is 2.52 bits per heavy atom. The van der Waals surface area contributed by atoms with Gasteiger partial charge in [-0.2, -0.15) is 0 Å². The van der Waals surface area contributed by atoms with Gasteiger partial charge in [0.25, 0.3) is 5.91 Å². The average molecular weight is 325 g/mol. The van der Waals surface area contributed by atoms with E-state index in [0.29, 0.717) is 0 Å². The van der Waals surface area contributed by atoms with E-state index in [1.807, 2.05) is 46.1 Å². The van der Waals surface area contributed by atoms with Gasteiger partial charge in [-0.05, 0) is 37.1 Å². The van der Waals surface area contributed by atoms with E-state index in [1.165, 1.54) is 24.2 Å². The molecule has 0 aromatic carbocycles. The Balaban J connectivity index is 1.82. The summed E-state index contributed by atoms with van der Waals surface area (Å²) >= 11 is 1.51. The van der Waals surface area contributed by atoms with Crippen LogP contribution in [0.5, 0.6) is 0 Å². The molecule has 0 saturated carbocycles. The number of pyridine rings is 1. The van der Waals surface area contributed by atoms with Crippen LogP contribution in [0.2, 0.25) is 0 Å². The summed E-state index contributed by atoms with van der Waals surface area (Å²) < 4.78 is 2.03. The number of nitrogens with zero attached hydrogens (tertiary/aromatic N) is 3. The van der Waals surface area contributed by atoms with Gasteiger partial charge in [-0.25, -0.2) is 4.98 Å². The fourth-order valence-corrected chi connectivity index (χ4v) is 4.33. The quantitative estimate of drug-likeness (QED) is 0.711. The topological polar surface area (TPSA) is 38.1 Å². The zero-order valence-electron chi connectivity index (χ0n) is 12.9. The summed E-state index contributed by atoms with van der Waals surface area (Å²) in [6.07, 6.45) is 10.4. The molecule has 4 nitrogen and oxygen atoms in total. The van der Waals surface area contributed by atoms with E-state index in [1.54, 1.807) is 6.20 Å². The van der Waals surface area contributed by atoms with Gasteiger partial charge in [0.1, 0.15) is 9.71 Å². The molecule has 0 aliphatic carbocycles. The van der Waals surface area contributed by atoms with Crippen molar-refractivity contribution >= 4 is 27.5 Å². The number of rotatable bonds is 2. The maximum Gasteiger partial charge on any atom is 0.266 e. The standard InChI is InChI=1S/C18H19N3OS/c22-18(21-12-3-1-2-4-13-21)16-15(20-10-5-6-11-20)14-8-7-9-19-17(14)23-16/h5-11H,1-4,12-13H2. The van der Waals surface area contributed by atoms with Gasteiger partial charge in [-0.1, -0.05) is 12.8 Å². The first-order valence-corrected chi connectivity index (χ1v) is 8.96. The van der Waals surface area contributed by atoms with Crippen LogP contribution in [0.1, 0.15) is 35.4 Å². The molecular weight excluding hydrogens is 306 g/mol. The van der Waals surface area contributed by atoms with E-state index < -0.39 is 0 Å². The predicted molar refractivity (Wildman–Crippen MR) is 93.3 cm³/mol. The number of carbonyl (C=O) groups is 1. The molecule has 118 valence electrons. The number of amides is 1. The van der Waals surface area contributed by atoms with Crippen LogP contribution in [0.15, 0.2) is 42.9 Å². The number of thiophene rings is 1. The van der Waals surface area contributed by atoms with Gasteiger partial charge >= 0.3 is 0 Å². The second-order valence-electron chi connectivity index (χ2n) is 5.93. The predicted octanol–water partition coefficient (Wildman–Crippen LogP) is 4.10. The molecule has 0 atom stereocenters. The summed E-state index contributed by atoms with van der Waals surface area (Å²) in [5.41, 5.74) is 0.970. The Hall–Kier alpha value is -2.14. The molecule has 4 heterocycles. The van der Waals surface area contributed by atoms with Gasteiger partial charge in [0, 0.05) is 37.1 Å². The molecule has 4 rings (SSSR count). The highest BCUT2D eigenvalue weighted by Gasteiger charge is 2.25. The monoisotopic (exact) mass is 325 g/mol. The molecular formula is C18H19N3OS. The minimum atomic E-state index is 0.151. The highest BCUT2D eigenvalue weighted by molar-refractivity contribution is 7.21. The third-order valence-corrected chi connectivity index (χ3v) is 5.48. The van der Waals surface area contributed by atoms with Crippen LogP contribution in [0.25, 0.3) is 15.9 Å². The number of likely N-dealkylation sites (tertiary alicyclic amines) is 1. The fraction of sp³-hybridized carbons (Fsp3) is 0.333. The second kappa shape index (κ2) is 6.16. The third kappa shape index (κ3) is 2.65. The summed E-state index contributed by atoms with van der Waals surface area (Å²) in [6.45, 7) is 1.73. The van der Waals surface area contributed by atoms with Crippen molar-refractivity contribution in [3.63, 3.8) is 0 Å². The van der Waals surface area contributed by atoms with Gasteiger partial charge < -0.3 is 9.47 Å². The molecule has 1 amide bonds. The maximum absolute atomic E-state index is 13.1. The van der Waals surface area contributed by atoms with E-state index in [9.17, 15) is 4.79 Å². The molecule has 1 saturated heterocycles. The largest absolute Gasteiger partial charge is 0.338 e. The van der Waals surface area contributed by atoms with Crippen molar-refractivity contribution in [3.05, 3.63) is 47.7 Å². The summed E-state index contributed by atoms with van der Waals surface area (Å²) in [5.74, 6) is 0.151. The smallest absolute Gasteiger partial charge is 0.266 e. The van der Waals surface area contributed by atoms with Crippen LogP contribution in [0.4, 0.5) is 0 Å². The molecule has 5 heteroatoms. The molecule has 3 aromatic heterocycles. The van der Waals surface area contributed by atoms with Gasteiger partial charge in [0.2, 0.25) is 0 Å². The third-order valence-electron chi connectivity index (χ3n) is 4.39. The Labute approximate surface area is 139 Å². The number of carbonyl (C=O) groups excluding carboxylic acids is 1. The molecule has 23 heavy (non-hydrogen) atoms. The average Bonchev–Trinajstić information content (AvgIpc) is 3.14. The van der Waals surface area contributed by atoms with Crippen molar-refractivity contribution in [1.29, 1.82) is 0 Å². The lowest BCUT2D eigenvalue weighted by Gasteiger charge is -2.20. The van der Waals surface area contributed by atoms with Crippen LogP contribution < -0.4 is 0 Å². The molecule has 0 unspecified atom stereocenters. The fourth-order valence-electron chi connectivity index (χ4n) is 3.22. The first-order valence-electron chi connectivity index (χ1n) is 8.15. The lowest BCUT2D eigenvalue weighted by molar-refractivity contribution is 0.0766. The molecule has 1 aliphatic heterocycles. The minimum absolute atomic E-state index is 0.151. The maximum atomic E-state index is 13.1. The van der Waals surface area contributed by atoms with Crippen molar-refractivity contribution in [1.82, 2.24) is 14.5 Å². The van der Waals surface area contributed by atoms with E-state index in [-0.39, 0.29) is 5.91 Å². The van der Waals surface area contributed by atoms with Crippen molar-refractivity contribution in [2.75, 3.05) is 13.1 Å². The normalized spacial score (nSPS) is 15.7. The van der Waals surface area contributed by atoms with E-state index in [0.717, 1.165) is 46.7 Å². The lowest BCUT2D eigenvalue weighted by atomic mass is 10.2. The van der Waals surface area contributed by atoms with Crippen molar-refractivity contribution in [2.45, 2.75) is 25.7 Å². The number of hydrogen-bond acceptors (Lipinski definition) is 3. The zero-order chi connectivity index (χ0) is 15.6. The van der Waals surface area contributed by atoms with E-state index in [2.05, 4.69) is 4.98 Å². The Morgan fingerprint density at radius 1 is 1.04 bits per heavy atom. The first-order chi connectivity index (χ1) is 11.3. The Kier molecular flexibility index (Phi) is 3.87. The highest BCUT2D eigenvalue weighted by Crippen LogP contribution is 2.34. The zero-order valence-corrected chi connectivity index (χ0v) is 13.8.